The van der Waals surface area contributed by atoms with Gasteiger partial charge in [0.15, 0.2) is 0 Å². The molecule has 3 aromatic rings. The molecule has 5 nitrogen and oxygen atoms in total. The summed E-state index contributed by atoms with van der Waals surface area (Å²) in [7, 11) is 0. The van der Waals surface area contributed by atoms with Crippen molar-refractivity contribution in [3.05, 3.63) is 46.4 Å². The molecule has 1 aliphatic heterocycles. The Labute approximate surface area is 179 Å². The SMILES string of the molecule is CC(C)(C)OC(=O)N1CC[C@@H](O)C(n2c3ccc(Cl)cc3c3cc(Cl)ccc32)C1. The zero-order valence-electron chi connectivity index (χ0n) is 16.7. The van der Waals surface area contributed by atoms with Crippen LogP contribution in [0, 0.1) is 0 Å². The minimum absolute atomic E-state index is 0.307. The van der Waals surface area contributed by atoms with E-state index in [0.717, 1.165) is 21.8 Å². The Morgan fingerprint density at radius 3 is 2.14 bits per heavy atom. The summed E-state index contributed by atoms with van der Waals surface area (Å²) in [5.74, 6) is 0. The third-order valence-corrected chi connectivity index (χ3v) is 5.73. The van der Waals surface area contributed by atoms with Gasteiger partial charge in [0, 0.05) is 44.9 Å². The van der Waals surface area contributed by atoms with Crippen molar-refractivity contribution in [2.75, 3.05) is 13.1 Å². The molecule has 4 rings (SSSR count). The van der Waals surface area contributed by atoms with Crippen LogP contribution in [0.5, 0.6) is 0 Å². The second-order valence-electron chi connectivity index (χ2n) is 8.54. The number of halogens is 2. The van der Waals surface area contributed by atoms with Gasteiger partial charge in [-0.15, -0.1) is 0 Å². The van der Waals surface area contributed by atoms with E-state index in [-0.39, 0.29) is 12.1 Å². The van der Waals surface area contributed by atoms with Gasteiger partial charge in [-0.05, 0) is 63.6 Å². The van der Waals surface area contributed by atoms with E-state index in [1.165, 1.54) is 0 Å². The molecule has 2 atom stereocenters. The highest BCUT2D eigenvalue weighted by atomic mass is 35.5. The maximum Gasteiger partial charge on any atom is 0.410 e. The Morgan fingerprint density at radius 2 is 1.62 bits per heavy atom. The summed E-state index contributed by atoms with van der Waals surface area (Å²) < 4.78 is 7.64. The lowest BCUT2D eigenvalue weighted by Gasteiger charge is -2.38. The molecule has 0 bridgehead atoms. The summed E-state index contributed by atoms with van der Waals surface area (Å²) in [4.78, 5) is 14.3. The zero-order chi connectivity index (χ0) is 20.9. The molecule has 154 valence electrons. The van der Waals surface area contributed by atoms with Gasteiger partial charge in [0.25, 0.3) is 0 Å². The van der Waals surface area contributed by atoms with Crippen molar-refractivity contribution in [2.45, 2.75) is 44.9 Å². The molecule has 2 heterocycles. The molecule has 2 aromatic carbocycles. The topological polar surface area (TPSA) is 54.7 Å². The summed E-state index contributed by atoms with van der Waals surface area (Å²) in [6, 6.07) is 11.1. The van der Waals surface area contributed by atoms with Gasteiger partial charge in [0.2, 0.25) is 0 Å². The van der Waals surface area contributed by atoms with Crippen LogP contribution in [0.15, 0.2) is 36.4 Å². The van der Waals surface area contributed by atoms with E-state index in [1.807, 2.05) is 57.2 Å². The molecule has 1 amide bonds. The third-order valence-electron chi connectivity index (χ3n) is 5.26. The Hall–Kier alpha value is -1.95. The molecule has 0 radical (unpaired) electrons. The molecule has 0 spiro atoms. The lowest BCUT2D eigenvalue weighted by molar-refractivity contribution is -0.00417. The van der Waals surface area contributed by atoms with Gasteiger partial charge in [-0.25, -0.2) is 4.79 Å². The summed E-state index contributed by atoms with van der Waals surface area (Å²) in [5.41, 5.74) is 1.33. The van der Waals surface area contributed by atoms with Gasteiger partial charge in [-0.2, -0.15) is 0 Å². The molecular formula is C22H24Cl2N2O3. The minimum Gasteiger partial charge on any atom is -0.444 e. The molecule has 1 saturated heterocycles. The number of rotatable bonds is 1. The molecular weight excluding hydrogens is 411 g/mol. The minimum atomic E-state index is -0.584. The Bertz CT molecular complexity index is 1030. The maximum atomic E-state index is 12.6. The van der Waals surface area contributed by atoms with Crippen LogP contribution < -0.4 is 0 Å². The van der Waals surface area contributed by atoms with Crippen LogP contribution in [0.4, 0.5) is 4.79 Å². The van der Waals surface area contributed by atoms with Crippen molar-refractivity contribution in [1.82, 2.24) is 9.47 Å². The van der Waals surface area contributed by atoms with Gasteiger partial charge in [-0.1, -0.05) is 23.2 Å². The first kappa shape index (κ1) is 20.3. The van der Waals surface area contributed by atoms with E-state index in [1.54, 1.807) is 4.90 Å². The van der Waals surface area contributed by atoms with Crippen molar-refractivity contribution in [2.24, 2.45) is 0 Å². The van der Waals surface area contributed by atoms with Crippen molar-refractivity contribution in [3.63, 3.8) is 0 Å². The van der Waals surface area contributed by atoms with Crippen LogP contribution in [-0.4, -0.2) is 45.5 Å². The zero-order valence-corrected chi connectivity index (χ0v) is 18.2. The van der Waals surface area contributed by atoms with Gasteiger partial charge in [0.05, 0.1) is 12.1 Å². The Morgan fingerprint density at radius 1 is 1.07 bits per heavy atom. The number of carbonyl (C=O) groups is 1. The number of ether oxygens (including phenoxy) is 1. The number of aromatic nitrogens is 1. The normalized spacial score (nSPS) is 20.4. The van der Waals surface area contributed by atoms with Gasteiger partial charge < -0.3 is 19.3 Å². The first-order valence-corrected chi connectivity index (χ1v) is 10.4. The van der Waals surface area contributed by atoms with Crippen LogP contribution in [0.25, 0.3) is 21.8 Å². The van der Waals surface area contributed by atoms with E-state index in [9.17, 15) is 9.90 Å². The largest absolute Gasteiger partial charge is 0.444 e. The molecule has 1 aromatic heterocycles. The number of fused-ring (bicyclic) bond motifs is 3. The average molecular weight is 435 g/mol. The molecule has 7 heteroatoms. The third kappa shape index (κ3) is 3.91. The average Bonchev–Trinajstić information content (AvgIpc) is 2.93. The molecule has 1 unspecified atom stereocenters. The number of piperidine rings is 1. The number of aliphatic hydroxyl groups is 1. The predicted molar refractivity (Wildman–Crippen MR) is 117 cm³/mol. The highest BCUT2D eigenvalue weighted by Crippen LogP contribution is 2.37. The smallest absolute Gasteiger partial charge is 0.410 e. The van der Waals surface area contributed by atoms with Crippen molar-refractivity contribution >= 4 is 51.1 Å². The van der Waals surface area contributed by atoms with Crippen LogP contribution in [0.1, 0.15) is 33.2 Å². The molecule has 0 saturated carbocycles. The fourth-order valence-corrected chi connectivity index (χ4v) is 4.36. The first-order chi connectivity index (χ1) is 13.6. The number of aliphatic hydroxyl groups excluding tert-OH is 1. The number of amides is 1. The second kappa shape index (κ2) is 7.38. The van der Waals surface area contributed by atoms with Crippen LogP contribution >= 0.6 is 23.2 Å². The Balaban J connectivity index is 1.80. The molecule has 1 fully saturated rings. The van der Waals surface area contributed by atoms with Crippen LogP contribution in [0.3, 0.4) is 0 Å². The summed E-state index contributed by atoms with van der Waals surface area (Å²) in [6.07, 6.45) is -0.466. The lowest BCUT2D eigenvalue weighted by Crippen LogP contribution is -2.48. The van der Waals surface area contributed by atoms with E-state index < -0.39 is 11.7 Å². The summed E-state index contributed by atoms with van der Waals surface area (Å²) in [6.45, 7) is 6.37. The highest BCUT2D eigenvalue weighted by Gasteiger charge is 2.35. The summed E-state index contributed by atoms with van der Waals surface area (Å²) >= 11 is 12.5. The molecule has 1 aliphatic rings. The van der Waals surface area contributed by atoms with E-state index in [4.69, 9.17) is 27.9 Å². The maximum absolute atomic E-state index is 12.6. The number of nitrogens with zero attached hydrogens (tertiary/aromatic N) is 2. The van der Waals surface area contributed by atoms with Crippen LogP contribution in [0.2, 0.25) is 10.0 Å². The van der Waals surface area contributed by atoms with Crippen molar-refractivity contribution in [1.29, 1.82) is 0 Å². The number of carbonyl (C=O) groups excluding carboxylic acids is 1. The quantitative estimate of drug-likeness (QED) is 0.538. The fourth-order valence-electron chi connectivity index (χ4n) is 4.02. The number of benzene rings is 2. The van der Waals surface area contributed by atoms with Gasteiger partial charge >= 0.3 is 6.09 Å². The molecule has 0 aliphatic carbocycles. The number of hydrogen-bond donors (Lipinski definition) is 1. The van der Waals surface area contributed by atoms with E-state index in [2.05, 4.69) is 4.57 Å². The number of hydrogen-bond acceptors (Lipinski definition) is 3. The fraction of sp³-hybridized carbons (Fsp3) is 0.409. The van der Waals surface area contributed by atoms with Gasteiger partial charge in [0.1, 0.15) is 5.60 Å². The Kier molecular flexibility index (Phi) is 5.18. The second-order valence-corrected chi connectivity index (χ2v) is 9.42. The van der Waals surface area contributed by atoms with Crippen molar-refractivity contribution < 1.29 is 14.6 Å². The lowest BCUT2D eigenvalue weighted by atomic mass is 10.0. The predicted octanol–water partition coefficient (Wildman–Crippen LogP) is 5.64. The monoisotopic (exact) mass is 434 g/mol. The van der Waals surface area contributed by atoms with Crippen LogP contribution in [-0.2, 0) is 4.74 Å². The highest BCUT2D eigenvalue weighted by molar-refractivity contribution is 6.33. The first-order valence-electron chi connectivity index (χ1n) is 9.69. The molecule has 29 heavy (non-hydrogen) atoms. The standard InChI is InChI=1S/C22H24Cl2N2O3/c1-22(2,3)29-21(28)25-9-8-20(27)19(12-25)26-17-6-4-13(23)10-15(17)16-11-14(24)5-7-18(16)26/h4-7,10-11,19-20,27H,8-9,12H2,1-3H3/t19?,20-/m1/s1. The number of likely N-dealkylation sites (tertiary alicyclic amines) is 1. The van der Waals surface area contributed by atoms with E-state index >= 15 is 0 Å². The van der Waals surface area contributed by atoms with E-state index in [0.29, 0.717) is 29.6 Å². The van der Waals surface area contributed by atoms with Crippen molar-refractivity contribution in [3.8, 4) is 0 Å². The van der Waals surface area contributed by atoms with Gasteiger partial charge in [-0.3, -0.25) is 0 Å². The molecule has 1 N–H and O–H groups in total. The summed E-state index contributed by atoms with van der Waals surface area (Å²) in [5, 5.41) is 14.1.